The van der Waals surface area contributed by atoms with Crippen LogP contribution >= 0.6 is 0 Å². The van der Waals surface area contributed by atoms with Gasteiger partial charge in [0.15, 0.2) is 6.10 Å². The molecule has 54 heavy (non-hydrogen) atoms. The second-order valence-electron chi connectivity index (χ2n) is 15.3. The van der Waals surface area contributed by atoms with Crippen molar-refractivity contribution < 1.29 is 23.8 Å². The molecule has 0 amide bonds. The standard InChI is InChI=1S/C49H88O5/c1-4-7-10-13-16-19-22-23-24-25-26-29-32-35-38-41-44-52-45-47(54-49(51)43-40-37-34-31-28-21-18-15-12-9-6-3)46-53-48(50)42-39-36-33-30-27-20-17-14-11-8-5-2/h7,10,14,16-17,19,23-24,47H,4-6,8-9,11-13,15,18,20-22,25-46H2,1-3H3/b10-7-,17-14-,19-16-,24-23-. The van der Waals surface area contributed by atoms with E-state index >= 15 is 0 Å². The summed E-state index contributed by atoms with van der Waals surface area (Å²) < 4.78 is 17.3. The number of rotatable bonds is 42. The SMILES string of the molecule is CC/C=C\C/C=C\C/C=C\CCCCCCCCOCC(COC(=O)CCCCCCC/C=C\CCCC)OC(=O)CCCCCCCCCCCCC. The van der Waals surface area contributed by atoms with Crippen LogP contribution in [-0.2, 0) is 23.8 Å². The third kappa shape index (κ3) is 42.6. The van der Waals surface area contributed by atoms with Gasteiger partial charge in [0.25, 0.3) is 0 Å². The summed E-state index contributed by atoms with van der Waals surface area (Å²) in [5.41, 5.74) is 0. The fourth-order valence-electron chi connectivity index (χ4n) is 6.39. The zero-order chi connectivity index (χ0) is 39.3. The van der Waals surface area contributed by atoms with Crippen molar-refractivity contribution >= 4 is 11.9 Å². The highest BCUT2D eigenvalue weighted by Gasteiger charge is 2.17. The first-order valence-electron chi connectivity index (χ1n) is 23.2. The lowest BCUT2D eigenvalue weighted by Gasteiger charge is -2.18. The van der Waals surface area contributed by atoms with Crippen molar-refractivity contribution in [2.45, 2.75) is 232 Å². The number of hydrogen-bond acceptors (Lipinski definition) is 5. The number of carbonyl (C=O) groups is 2. The Balaban J connectivity index is 4.26. The van der Waals surface area contributed by atoms with E-state index < -0.39 is 6.10 Å². The Labute approximate surface area is 335 Å². The van der Waals surface area contributed by atoms with E-state index in [9.17, 15) is 9.59 Å². The van der Waals surface area contributed by atoms with Crippen molar-refractivity contribution in [3.8, 4) is 0 Å². The van der Waals surface area contributed by atoms with Gasteiger partial charge in [0.1, 0.15) is 6.61 Å². The predicted octanol–water partition coefficient (Wildman–Crippen LogP) is 15.2. The van der Waals surface area contributed by atoms with E-state index in [2.05, 4.69) is 69.4 Å². The van der Waals surface area contributed by atoms with Crippen molar-refractivity contribution in [3.63, 3.8) is 0 Å². The maximum atomic E-state index is 12.7. The zero-order valence-electron chi connectivity index (χ0n) is 36.0. The molecule has 0 fully saturated rings. The van der Waals surface area contributed by atoms with Crippen LogP contribution in [0.1, 0.15) is 226 Å². The molecule has 0 aliphatic carbocycles. The summed E-state index contributed by atoms with van der Waals surface area (Å²) in [5.74, 6) is -0.412. The fourth-order valence-corrected chi connectivity index (χ4v) is 6.39. The molecule has 0 aromatic rings. The molecule has 314 valence electrons. The molecule has 0 aromatic carbocycles. The van der Waals surface area contributed by atoms with E-state index in [-0.39, 0.29) is 25.2 Å². The number of unbranched alkanes of at least 4 members (excludes halogenated alkanes) is 23. The Kier molecular flexibility index (Phi) is 43.5. The van der Waals surface area contributed by atoms with Gasteiger partial charge >= 0.3 is 11.9 Å². The number of hydrogen-bond donors (Lipinski definition) is 0. The number of carbonyl (C=O) groups excluding carboxylic acids is 2. The maximum Gasteiger partial charge on any atom is 0.306 e. The van der Waals surface area contributed by atoms with Gasteiger partial charge in [0.2, 0.25) is 0 Å². The first kappa shape index (κ1) is 51.9. The molecule has 0 saturated heterocycles. The van der Waals surface area contributed by atoms with Gasteiger partial charge in [-0.25, -0.2) is 0 Å². The first-order valence-corrected chi connectivity index (χ1v) is 23.2. The molecule has 0 aromatic heterocycles. The molecular weight excluding hydrogens is 669 g/mol. The fraction of sp³-hybridized carbons (Fsp3) is 0.796. The first-order chi connectivity index (χ1) is 26.6. The van der Waals surface area contributed by atoms with Gasteiger partial charge in [-0.1, -0.05) is 191 Å². The summed E-state index contributed by atoms with van der Waals surface area (Å²) in [6, 6.07) is 0. The molecule has 0 aliphatic rings. The predicted molar refractivity (Wildman–Crippen MR) is 233 cm³/mol. The zero-order valence-corrected chi connectivity index (χ0v) is 36.0. The van der Waals surface area contributed by atoms with Gasteiger partial charge in [0.05, 0.1) is 6.61 Å². The van der Waals surface area contributed by atoms with Crippen LogP contribution in [0.5, 0.6) is 0 Å². The molecule has 0 aliphatic heterocycles. The molecule has 1 atom stereocenters. The minimum absolute atomic E-state index is 0.0776. The van der Waals surface area contributed by atoms with Crippen molar-refractivity contribution in [3.05, 3.63) is 48.6 Å². The van der Waals surface area contributed by atoms with Crippen molar-refractivity contribution in [1.82, 2.24) is 0 Å². The van der Waals surface area contributed by atoms with E-state index in [0.717, 1.165) is 77.0 Å². The number of ether oxygens (including phenoxy) is 3. The Morgan fingerprint density at radius 2 is 0.852 bits per heavy atom. The largest absolute Gasteiger partial charge is 0.462 e. The molecule has 0 N–H and O–H groups in total. The van der Waals surface area contributed by atoms with Crippen molar-refractivity contribution in [2.75, 3.05) is 19.8 Å². The normalized spacial score (nSPS) is 12.6. The van der Waals surface area contributed by atoms with Crippen LogP contribution < -0.4 is 0 Å². The third-order valence-corrected chi connectivity index (χ3v) is 9.85. The summed E-state index contributed by atoms with van der Waals surface area (Å²) in [6.07, 6.45) is 53.9. The summed E-state index contributed by atoms with van der Waals surface area (Å²) >= 11 is 0. The van der Waals surface area contributed by atoms with Crippen LogP contribution in [0.25, 0.3) is 0 Å². The van der Waals surface area contributed by atoms with Crippen molar-refractivity contribution in [2.24, 2.45) is 0 Å². The highest BCUT2D eigenvalue weighted by Crippen LogP contribution is 2.14. The summed E-state index contributed by atoms with van der Waals surface area (Å²) in [7, 11) is 0. The number of esters is 2. The molecule has 0 radical (unpaired) electrons. The van der Waals surface area contributed by atoms with Gasteiger partial charge in [-0.2, -0.15) is 0 Å². The van der Waals surface area contributed by atoms with Gasteiger partial charge < -0.3 is 14.2 Å². The summed E-state index contributed by atoms with van der Waals surface area (Å²) in [5, 5.41) is 0. The second kappa shape index (κ2) is 45.3. The Morgan fingerprint density at radius 1 is 0.426 bits per heavy atom. The lowest BCUT2D eigenvalue weighted by Crippen LogP contribution is -2.30. The topological polar surface area (TPSA) is 61.8 Å². The van der Waals surface area contributed by atoms with E-state index in [0.29, 0.717) is 19.4 Å². The van der Waals surface area contributed by atoms with E-state index in [1.807, 2.05) is 0 Å². The molecule has 0 bridgehead atoms. The summed E-state index contributed by atoms with van der Waals surface area (Å²) in [6.45, 7) is 7.65. The average molecular weight is 757 g/mol. The minimum Gasteiger partial charge on any atom is -0.462 e. The van der Waals surface area contributed by atoms with Gasteiger partial charge in [0, 0.05) is 19.4 Å². The van der Waals surface area contributed by atoms with Crippen LogP contribution in [-0.4, -0.2) is 37.9 Å². The highest BCUT2D eigenvalue weighted by molar-refractivity contribution is 5.70. The van der Waals surface area contributed by atoms with Crippen LogP contribution in [0.4, 0.5) is 0 Å². The van der Waals surface area contributed by atoms with Gasteiger partial charge in [-0.15, -0.1) is 0 Å². The van der Waals surface area contributed by atoms with Gasteiger partial charge in [-0.3, -0.25) is 9.59 Å². The quantitative estimate of drug-likeness (QED) is 0.0353. The number of allylic oxidation sites excluding steroid dienone is 8. The third-order valence-electron chi connectivity index (χ3n) is 9.85. The molecular formula is C49H88O5. The average Bonchev–Trinajstić information content (AvgIpc) is 3.17. The monoisotopic (exact) mass is 757 g/mol. The molecule has 0 spiro atoms. The Bertz CT molecular complexity index is 904. The highest BCUT2D eigenvalue weighted by atomic mass is 16.6. The second-order valence-corrected chi connectivity index (χ2v) is 15.3. The van der Waals surface area contributed by atoms with E-state index in [1.165, 1.54) is 116 Å². The van der Waals surface area contributed by atoms with Crippen LogP contribution in [0.15, 0.2) is 48.6 Å². The molecule has 0 heterocycles. The maximum absolute atomic E-state index is 12.7. The van der Waals surface area contributed by atoms with Gasteiger partial charge in [-0.05, 0) is 70.6 Å². The summed E-state index contributed by atoms with van der Waals surface area (Å²) in [4.78, 5) is 25.2. The lowest BCUT2D eigenvalue weighted by molar-refractivity contribution is -0.163. The smallest absolute Gasteiger partial charge is 0.306 e. The molecule has 5 nitrogen and oxygen atoms in total. The van der Waals surface area contributed by atoms with Crippen LogP contribution in [0.2, 0.25) is 0 Å². The molecule has 0 rings (SSSR count). The molecule has 5 heteroatoms. The lowest BCUT2D eigenvalue weighted by atomic mass is 10.1. The van der Waals surface area contributed by atoms with E-state index in [1.54, 1.807) is 0 Å². The molecule has 1 unspecified atom stereocenters. The van der Waals surface area contributed by atoms with Crippen LogP contribution in [0, 0.1) is 0 Å². The van der Waals surface area contributed by atoms with Crippen LogP contribution in [0.3, 0.4) is 0 Å². The van der Waals surface area contributed by atoms with Crippen molar-refractivity contribution in [1.29, 1.82) is 0 Å². The van der Waals surface area contributed by atoms with E-state index in [4.69, 9.17) is 14.2 Å². The Hall–Kier alpha value is -2.14. The molecule has 0 saturated carbocycles. The Morgan fingerprint density at radius 3 is 1.41 bits per heavy atom. The minimum atomic E-state index is -0.541.